The van der Waals surface area contributed by atoms with Crippen molar-refractivity contribution in [1.29, 1.82) is 0 Å². The van der Waals surface area contributed by atoms with E-state index in [0.29, 0.717) is 0 Å². The van der Waals surface area contributed by atoms with Crippen LogP contribution in [0, 0.1) is 0 Å². The Morgan fingerprint density at radius 3 is 0.273 bits per heavy atom. The normalized spacial score (nSPS) is 0. The van der Waals surface area contributed by atoms with Gasteiger partial charge in [0.1, 0.15) is 0 Å². The van der Waals surface area contributed by atoms with Crippen LogP contribution >= 0.6 is 0 Å². The van der Waals surface area contributed by atoms with Crippen LogP contribution in [0.4, 0.5) is 0 Å². The van der Waals surface area contributed by atoms with Crippen LogP contribution in [-0.2, 0) is 58.2 Å². The van der Waals surface area contributed by atoms with Gasteiger partial charge < -0.3 is 43.8 Å². The molecule has 0 saturated heterocycles. The summed E-state index contributed by atoms with van der Waals surface area (Å²) in [7, 11) is 0. The third-order valence-electron chi connectivity index (χ3n) is 0. The molecule has 0 unspecified atom stereocenters. The summed E-state index contributed by atoms with van der Waals surface area (Å²) >= 11 is 0. The van der Waals surface area contributed by atoms with Gasteiger partial charge in [-0.1, -0.05) is 0 Å². The Morgan fingerprint density at radius 2 is 0.273 bits per heavy atom. The van der Waals surface area contributed by atoms with E-state index in [0.717, 1.165) is 0 Å². The number of rotatable bonds is 0. The monoisotopic (exact) mass is 344 g/mol. The quantitative estimate of drug-likeness (QED) is 0.372. The molecule has 80 valence electrons. The van der Waals surface area contributed by atoms with Crippen molar-refractivity contribution >= 4 is 0 Å². The second kappa shape index (κ2) is 542. The fraction of sp³-hybridized carbons (Fsp3) is 0. The molecular formula is H16MoO8V2. The van der Waals surface area contributed by atoms with E-state index >= 15 is 0 Å². The van der Waals surface area contributed by atoms with Gasteiger partial charge in [0.15, 0.2) is 0 Å². The molecule has 0 saturated carbocycles. The molecule has 0 fully saturated rings. The Hall–Kier alpha value is 1.54. The minimum absolute atomic E-state index is 0. The van der Waals surface area contributed by atoms with Gasteiger partial charge >= 0.3 is 0 Å². The van der Waals surface area contributed by atoms with Crippen LogP contribution in [0.1, 0.15) is 0 Å². The van der Waals surface area contributed by atoms with Crippen molar-refractivity contribution in [2.45, 2.75) is 0 Å². The van der Waals surface area contributed by atoms with Gasteiger partial charge in [0.2, 0.25) is 0 Å². The molecule has 0 bridgehead atoms. The molecule has 11 heavy (non-hydrogen) atoms. The van der Waals surface area contributed by atoms with Gasteiger partial charge in [0, 0.05) is 58.2 Å². The summed E-state index contributed by atoms with van der Waals surface area (Å²) in [6.45, 7) is 0. The summed E-state index contributed by atoms with van der Waals surface area (Å²) in [5.41, 5.74) is 0. The molecule has 0 aliphatic heterocycles. The first kappa shape index (κ1) is 706. The third kappa shape index (κ3) is 444. The van der Waals surface area contributed by atoms with E-state index in [4.69, 9.17) is 0 Å². The van der Waals surface area contributed by atoms with Crippen molar-refractivity contribution in [2.75, 3.05) is 0 Å². The average molecular weight is 342 g/mol. The third-order valence-corrected chi connectivity index (χ3v) is 0. The van der Waals surface area contributed by atoms with Crippen molar-refractivity contribution < 1.29 is 102 Å². The van der Waals surface area contributed by atoms with Gasteiger partial charge in [-0.2, -0.15) is 0 Å². The standard InChI is InChI=1S/Mo.8H2O.2V/h;8*1H2;;. The fourth-order valence-corrected chi connectivity index (χ4v) is 0. The topological polar surface area (TPSA) is 252 Å². The molecule has 0 heterocycles. The van der Waals surface area contributed by atoms with Crippen LogP contribution in [0.3, 0.4) is 0 Å². The van der Waals surface area contributed by atoms with Crippen LogP contribution in [0.2, 0.25) is 0 Å². The van der Waals surface area contributed by atoms with Crippen LogP contribution in [0.25, 0.3) is 0 Å². The second-order valence-electron chi connectivity index (χ2n) is 0. The summed E-state index contributed by atoms with van der Waals surface area (Å²) < 4.78 is 0. The van der Waals surface area contributed by atoms with Gasteiger partial charge in [0.05, 0.1) is 0 Å². The maximum atomic E-state index is 0. The maximum absolute atomic E-state index is 0. The molecule has 0 atom stereocenters. The first-order valence-electron chi connectivity index (χ1n) is 0. The van der Waals surface area contributed by atoms with Gasteiger partial charge in [-0.3, -0.25) is 0 Å². The molecule has 0 aliphatic carbocycles. The Kier molecular flexibility index (Phi) is 34800. The van der Waals surface area contributed by atoms with Crippen molar-refractivity contribution in [1.82, 2.24) is 0 Å². The first-order chi connectivity index (χ1) is 0. The van der Waals surface area contributed by atoms with Crippen molar-refractivity contribution in [3.63, 3.8) is 0 Å². The van der Waals surface area contributed by atoms with E-state index in [1.807, 2.05) is 0 Å². The van der Waals surface area contributed by atoms with E-state index < -0.39 is 0 Å². The van der Waals surface area contributed by atoms with Crippen LogP contribution < -0.4 is 0 Å². The summed E-state index contributed by atoms with van der Waals surface area (Å²) in [6.07, 6.45) is 0. The Balaban J connectivity index is 0. The molecule has 0 aromatic carbocycles. The van der Waals surface area contributed by atoms with E-state index in [2.05, 4.69) is 0 Å². The van der Waals surface area contributed by atoms with Gasteiger partial charge in [0.25, 0.3) is 0 Å². The molecule has 11 heteroatoms. The average Bonchev–Trinajstić information content (AvgIpc) is 0. The van der Waals surface area contributed by atoms with Gasteiger partial charge in [-0.15, -0.1) is 0 Å². The summed E-state index contributed by atoms with van der Waals surface area (Å²) in [5, 5.41) is 0. The largest absolute Gasteiger partial charge is 0.412 e. The Morgan fingerprint density at radius 1 is 0.273 bits per heavy atom. The molecule has 0 aromatic rings. The van der Waals surface area contributed by atoms with Gasteiger partial charge in [-0.05, 0) is 0 Å². The maximum Gasteiger partial charge on any atom is 0 e. The Labute approximate surface area is 102 Å². The zero-order valence-corrected chi connectivity index (χ0v) is 10.1. The molecular weight excluding hydrogens is 326 g/mol. The molecule has 8 nitrogen and oxygen atoms in total. The van der Waals surface area contributed by atoms with E-state index in [1.54, 1.807) is 0 Å². The van der Waals surface area contributed by atoms with E-state index in [1.165, 1.54) is 0 Å². The Bertz CT molecular complexity index is 12.1. The van der Waals surface area contributed by atoms with Crippen LogP contribution in [0.5, 0.6) is 0 Å². The minimum atomic E-state index is 0. The number of hydrogen-bond donors (Lipinski definition) is 0. The minimum Gasteiger partial charge on any atom is -0.412 e. The smallest absolute Gasteiger partial charge is 0 e. The van der Waals surface area contributed by atoms with Gasteiger partial charge in [-0.25, -0.2) is 0 Å². The van der Waals surface area contributed by atoms with Crippen molar-refractivity contribution in [2.24, 2.45) is 0 Å². The molecule has 16 N–H and O–H groups in total. The molecule has 2 radical (unpaired) electrons. The predicted molar refractivity (Wildman–Crippen MR) is 28.9 cm³/mol. The summed E-state index contributed by atoms with van der Waals surface area (Å²) in [5.74, 6) is 0. The van der Waals surface area contributed by atoms with E-state index in [-0.39, 0.29) is 102 Å². The predicted octanol–water partition coefficient (Wildman–Crippen LogP) is -6.61. The zero-order chi connectivity index (χ0) is 0. The fourth-order valence-electron chi connectivity index (χ4n) is 0. The van der Waals surface area contributed by atoms with Crippen molar-refractivity contribution in [3.8, 4) is 0 Å². The molecule has 0 aromatic heterocycles. The first-order valence-corrected chi connectivity index (χ1v) is 0. The molecule has 0 amide bonds. The number of hydrogen-bond acceptors (Lipinski definition) is 0. The molecule has 0 spiro atoms. The van der Waals surface area contributed by atoms with E-state index in [9.17, 15) is 0 Å². The second-order valence-corrected chi connectivity index (χ2v) is 0. The zero-order valence-electron chi connectivity index (χ0n) is 5.30. The summed E-state index contributed by atoms with van der Waals surface area (Å²) in [4.78, 5) is 0. The SMILES string of the molecule is O.O.O.O.O.O.O.O.[Mo].[V].[V]. The summed E-state index contributed by atoms with van der Waals surface area (Å²) in [6, 6.07) is 0. The van der Waals surface area contributed by atoms with Crippen LogP contribution in [-0.4, -0.2) is 43.8 Å². The molecule has 0 aliphatic rings. The van der Waals surface area contributed by atoms with Crippen molar-refractivity contribution in [3.05, 3.63) is 0 Å². The molecule has 0 rings (SSSR count). The van der Waals surface area contributed by atoms with Crippen LogP contribution in [0.15, 0.2) is 0 Å².